The quantitative estimate of drug-likeness (QED) is 0.552. The van der Waals surface area contributed by atoms with Crippen LogP contribution in [0.25, 0.3) is 0 Å². The number of hydrogen-bond acceptors (Lipinski definition) is 5. The molecule has 0 aromatic carbocycles. The van der Waals surface area contributed by atoms with Gasteiger partial charge in [0.1, 0.15) is 0 Å². The average Bonchev–Trinajstić information content (AvgIpc) is 1.77. The van der Waals surface area contributed by atoms with Crippen LogP contribution in [0.4, 0.5) is 26.3 Å². The molecule has 100 valence electrons. The molecule has 0 aromatic rings. The van der Waals surface area contributed by atoms with Crippen LogP contribution in [-0.2, 0) is 23.9 Å². The smallest absolute Gasteiger partial charge is 0.188 e. The minimum atomic E-state index is -6.85. The average molecular weight is 322 g/mol. The van der Waals surface area contributed by atoms with Crippen molar-refractivity contribution in [3.8, 4) is 0 Å². The molecule has 0 aliphatic rings. The van der Waals surface area contributed by atoms with E-state index in [2.05, 4.69) is 0 Å². The van der Waals surface area contributed by atoms with Crippen molar-refractivity contribution in [2.75, 3.05) is 0 Å². The first kappa shape index (κ1) is 19.0. The minimum absolute atomic E-state index is 0. The topological polar surface area (TPSA) is 77.5 Å². The van der Waals surface area contributed by atoms with Crippen molar-refractivity contribution in [2.24, 2.45) is 0 Å². The molecule has 16 heavy (non-hydrogen) atoms. The van der Waals surface area contributed by atoms with Crippen molar-refractivity contribution >= 4 is 20.2 Å². The van der Waals surface area contributed by atoms with Crippen molar-refractivity contribution in [3.63, 3.8) is 0 Å². The molecule has 0 spiro atoms. The minimum Gasteiger partial charge on any atom is -0.188 e. The Balaban J connectivity index is 0. The summed E-state index contributed by atoms with van der Waals surface area (Å²) in [6.45, 7) is 0. The number of hydrogen-bond donors (Lipinski definition) is 0. The fourth-order valence-corrected chi connectivity index (χ4v) is 1.76. The molecule has 0 aromatic heterocycles. The van der Waals surface area contributed by atoms with E-state index in [4.69, 9.17) is 0 Å². The van der Waals surface area contributed by atoms with Crippen molar-refractivity contribution < 1.29 is 84.5 Å². The van der Waals surface area contributed by atoms with Gasteiger partial charge in [-0.1, -0.05) is 0 Å². The molecule has 0 radical (unpaired) electrons. The van der Waals surface area contributed by atoms with Crippen LogP contribution in [0, 0.1) is 37.7 Å². The molecule has 5 nitrogen and oxygen atoms in total. The number of halogens is 6. The van der Waals surface area contributed by atoms with Crippen LogP contribution >= 0.6 is 0 Å². The van der Waals surface area contributed by atoms with Crippen molar-refractivity contribution in [1.82, 2.24) is 0 Å². The van der Waals surface area contributed by atoms with Gasteiger partial charge in [-0.15, -0.1) is 3.63 Å². The Labute approximate surface area is 115 Å². The summed E-state index contributed by atoms with van der Waals surface area (Å²) in [5, 5.41) is 0. The largest absolute Gasteiger partial charge is 0.524 e. The van der Waals surface area contributed by atoms with Gasteiger partial charge in [0, 0.05) is 37.7 Å². The molecular weight excluding hydrogens is 322 g/mol. The molecule has 0 unspecified atom stereocenters. The Morgan fingerprint density at radius 2 is 0.875 bits per heavy atom. The molecule has 0 aliphatic carbocycles. The van der Waals surface area contributed by atoms with Gasteiger partial charge in [0.2, 0.25) is 0 Å². The fraction of sp³-hybridized carbons (Fsp3) is 1.00. The van der Waals surface area contributed by atoms with Gasteiger partial charge in [-0.25, -0.2) is 0 Å². The summed E-state index contributed by atoms with van der Waals surface area (Å²) in [6, 6.07) is 0. The van der Waals surface area contributed by atoms with Gasteiger partial charge in [0.05, 0.1) is 0 Å². The third kappa shape index (κ3) is 4.52. The van der Waals surface area contributed by atoms with E-state index in [-0.39, 0.29) is 37.7 Å². The number of alkyl halides is 6. The van der Waals surface area contributed by atoms with Gasteiger partial charge in [0.25, 0.3) is 0 Å². The van der Waals surface area contributed by atoms with Gasteiger partial charge in [0.15, 0.2) is 0 Å². The molecule has 0 saturated carbocycles. The van der Waals surface area contributed by atoms with Gasteiger partial charge in [-0.05, 0) is 0 Å². The fourth-order valence-electron chi connectivity index (χ4n) is 0.195. The summed E-state index contributed by atoms with van der Waals surface area (Å²) in [5.74, 6) is 0. The van der Waals surface area contributed by atoms with Crippen LogP contribution in [0.15, 0.2) is 0 Å². The molecule has 14 heteroatoms. The molecule has 0 N–H and O–H groups in total. The van der Waals surface area contributed by atoms with Crippen molar-refractivity contribution in [1.29, 1.82) is 0 Å². The predicted molar refractivity (Wildman–Crippen MR) is 31.0 cm³/mol. The molecule has 0 aliphatic heterocycles. The second kappa shape index (κ2) is 5.14. The normalized spacial score (nSPS) is 14.4. The van der Waals surface area contributed by atoms with Crippen LogP contribution in [0.1, 0.15) is 0 Å². The second-order valence-electron chi connectivity index (χ2n) is 1.87. The zero-order chi connectivity index (χ0) is 12.7. The first-order valence-corrected chi connectivity index (χ1v) is 5.36. The molecule has 0 heterocycles. The van der Waals surface area contributed by atoms with Gasteiger partial charge < -0.3 is 0 Å². The van der Waals surface area contributed by atoms with E-state index in [1.54, 1.807) is 0 Å². The zero-order valence-corrected chi connectivity index (χ0v) is 8.82. The SMILES string of the molecule is O=S(=O)(OS(=O)(=O)C(F)(F)F)C(F)(F)F.[Ar]. The summed E-state index contributed by atoms with van der Waals surface area (Å²) >= 11 is 0. The molecule has 0 rings (SSSR count). The van der Waals surface area contributed by atoms with E-state index in [1.807, 2.05) is 3.63 Å². The Morgan fingerprint density at radius 1 is 0.688 bits per heavy atom. The third-order valence-electron chi connectivity index (χ3n) is 0.746. The maximum absolute atomic E-state index is 11.4. The monoisotopic (exact) mass is 322 g/mol. The van der Waals surface area contributed by atoms with E-state index >= 15 is 0 Å². The molecular formula is C2ArF6O5S2. The maximum Gasteiger partial charge on any atom is 0.524 e. The molecule has 0 atom stereocenters. The van der Waals surface area contributed by atoms with Crippen molar-refractivity contribution in [3.05, 3.63) is 0 Å². The van der Waals surface area contributed by atoms with E-state index in [1.165, 1.54) is 0 Å². The first-order valence-electron chi connectivity index (χ1n) is 2.54. The summed E-state index contributed by atoms with van der Waals surface area (Å²) in [6.07, 6.45) is 0. The molecule has 0 amide bonds. The standard InChI is InChI=1S/C2F6O5S2.Ar/c3-1(4,5)14(9,10)13-15(11,12)2(6,7)8;. The summed E-state index contributed by atoms with van der Waals surface area (Å²) in [4.78, 5) is 0. The van der Waals surface area contributed by atoms with Gasteiger partial charge >= 0.3 is 31.3 Å². The summed E-state index contributed by atoms with van der Waals surface area (Å²) in [5.41, 5.74) is -12.5. The van der Waals surface area contributed by atoms with E-state index in [0.717, 1.165) is 0 Å². The van der Waals surface area contributed by atoms with E-state index in [9.17, 15) is 43.2 Å². The summed E-state index contributed by atoms with van der Waals surface area (Å²) in [7, 11) is -13.7. The van der Waals surface area contributed by atoms with Crippen LogP contribution in [0.3, 0.4) is 0 Å². The van der Waals surface area contributed by atoms with E-state index < -0.39 is 31.3 Å². The Morgan fingerprint density at radius 3 is 1.00 bits per heavy atom. The van der Waals surface area contributed by atoms with Crippen LogP contribution in [0.5, 0.6) is 0 Å². The van der Waals surface area contributed by atoms with Crippen LogP contribution < -0.4 is 0 Å². The maximum atomic E-state index is 11.4. The Kier molecular flexibility index (Phi) is 6.12. The number of rotatable bonds is 2. The van der Waals surface area contributed by atoms with Crippen LogP contribution in [0.2, 0.25) is 0 Å². The molecule has 0 saturated heterocycles. The van der Waals surface area contributed by atoms with Crippen LogP contribution in [-0.4, -0.2) is 27.9 Å². The Bertz CT molecular complexity index is 387. The second-order valence-corrected chi connectivity index (χ2v) is 5.15. The zero-order valence-electron chi connectivity index (χ0n) is 6.48. The Hall–Kier alpha value is 0.700. The molecule has 0 fully saturated rings. The molecule has 0 bridgehead atoms. The predicted octanol–water partition coefficient (Wildman–Crippen LogP) is 0.702. The van der Waals surface area contributed by atoms with Crippen molar-refractivity contribution in [2.45, 2.75) is 11.0 Å². The summed E-state index contributed by atoms with van der Waals surface area (Å²) < 4.78 is 110. The third-order valence-corrected chi connectivity index (χ3v) is 3.31. The first-order chi connectivity index (χ1) is 6.21. The van der Waals surface area contributed by atoms with Gasteiger partial charge in [-0.2, -0.15) is 43.2 Å². The van der Waals surface area contributed by atoms with Gasteiger partial charge in [-0.3, -0.25) is 0 Å². The van der Waals surface area contributed by atoms with E-state index in [0.29, 0.717) is 0 Å².